The van der Waals surface area contributed by atoms with E-state index in [-0.39, 0.29) is 41.5 Å². The maximum atomic E-state index is 15.4. The van der Waals surface area contributed by atoms with Gasteiger partial charge in [0.15, 0.2) is 0 Å². The van der Waals surface area contributed by atoms with Crippen LogP contribution in [0.4, 0.5) is 17.6 Å². The molecule has 0 unspecified atom stereocenters. The largest absolute Gasteiger partial charge is 0.473 e. The predicted molar refractivity (Wildman–Crippen MR) is 144 cm³/mol. The minimum atomic E-state index is -4.52. The summed E-state index contributed by atoms with van der Waals surface area (Å²) in [5, 5.41) is 0. The molecule has 0 bridgehead atoms. The van der Waals surface area contributed by atoms with Gasteiger partial charge >= 0.3 is 12.1 Å². The van der Waals surface area contributed by atoms with Crippen LogP contribution < -0.4 is 4.74 Å². The van der Waals surface area contributed by atoms with E-state index >= 15 is 4.39 Å². The Labute approximate surface area is 236 Å². The van der Waals surface area contributed by atoms with Gasteiger partial charge in [0.05, 0.1) is 24.1 Å². The summed E-state index contributed by atoms with van der Waals surface area (Å²) in [5.41, 5.74) is 2.61. The zero-order valence-electron chi connectivity index (χ0n) is 23.4. The number of aromatic nitrogens is 1. The Hall–Kier alpha value is -3.46. The van der Waals surface area contributed by atoms with Gasteiger partial charge in [-0.2, -0.15) is 13.2 Å². The molecular formula is C32H32F4N2O3. The third-order valence-corrected chi connectivity index (χ3v) is 8.81. The van der Waals surface area contributed by atoms with Gasteiger partial charge < -0.3 is 9.47 Å². The first-order chi connectivity index (χ1) is 19.4. The smallest absolute Gasteiger partial charge is 0.416 e. The molecule has 0 N–H and O–H groups in total. The van der Waals surface area contributed by atoms with Crippen LogP contribution in [0.2, 0.25) is 0 Å². The summed E-state index contributed by atoms with van der Waals surface area (Å²) in [5.74, 6) is -0.0634. The average molecular weight is 569 g/mol. The first-order valence-electron chi connectivity index (χ1n) is 13.9. The number of benzene rings is 2. The highest BCUT2D eigenvalue weighted by atomic mass is 19.4. The number of carbonyl (C=O) groups excluding carboxylic acids is 1. The van der Waals surface area contributed by atoms with E-state index < -0.39 is 29.0 Å². The van der Waals surface area contributed by atoms with Crippen molar-refractivity contribution in [3.8, 4) is 5.88 Å². The lowest BCUT2D eigenvalue weighted by atomic mass is 9.73. The molecule has 0 amide bonds. The van der Waals surface area contributed by atoms with Crippen molar-refractivity contribution in [2.75, 3.05) is 20.2 Å². The Balaban J connectivity index is 1.28. The molecule has 41 heavy (non-hydrogen) atoms. The summed E-state index contributed by atoms with van der Waals surface area (Å²) in [6, 6.07) is 9.80. The van der Waals surface area contributed by atoms with Crippen LogP contribution in [0.25, 0.3) is 0 Å². The van der Waals surface area contributed by atoms with Gasteiger partial charge in [0.2, 0.25) is 5.88 Å². The molecule has 1 saturated carbocycles. The van der Waals surface area contributed by atoms with Crippen LogP contribution in [0.5, 0.6) is 5.88 Å². The molecule has 2 aromatic carbocycles. The molecule has 6 rings (SSSR count). The standard InChI is InChI=1S/C32H32F4N2O3/c1-5-40-30(39)28-21-10-17-12-26(37-14-22(17)27(21)28)41-15-18-11-20-24(13-25(18)33)31(2,3)16-38(4)29(20)19-8-6-7-9-23(19)32(34,35)36/h6-9,11-14,21,27-29H,5,10,15-16H2,1-4H3/t21-,27-,28+,29-/m1/s1. The monoisotopic (exact) mass is 568 g/mol. The molecule has 9 heteroatoms. The Bertz CT molecular complexity index is 1520. The van der Waals surface area contributed by atoms with E-state index in [0.717, 1.165) is 23.6 Å². The molecule has 4 atom stereocenters. The lowest BCUT2D eigenvalue weighted by molar-refractivity contribution is -0.145. The number of hydrogen-bond donors (Lipinski definition) is 0. The molecule has 2 heterocycles. The van der Waals surface area contributed by atoms with E-state index in [0.29, 0.717) is 30.2 Å². The fourth-order valence-corrected chi connectivity index (χ4v) is 7.06. The highest BCUT2D eigenvalue weighted by Gasteiger charge is 2.60. The van der Waals surface area contributed by atoms with E-state index in [4.69, 9.17) is 9.47 Å². The summed E-state index contributed by atoms with van der Waals surface area (Å²) in [4.78, 5) is 18.5. The van der Waals surface area contributed by atoms with Gasteiger partial charge in [0.25, 0.3) is 0 Å². The number of hydrogen-bond acceptors (Lipinski definition) is 5. The van der Waals surface area contributed by atoms with Crippen LogP contribution in [-0.4, -0.2) is 36.1 Å². The second-order valence-electron chi connectivity index (χ2n) is 12.0. The molecular weight excluding hydrogens is 536 g/mol. The Morgan fingerprint density at radius 1 is 1.12 bits per heavy atom. The zero-order chi connectivity index (χ0) is 29.3. The Morgan fingerprint density at radius 3 is 2.61 bits per heavy atom. The van der Waals surface area contributed by atoms with E-state index in [1.54, 1.807) is 32.3 Å². The summed E-state index contributed by atoms with van der Waals surface area (Å²) < 4.78 is 68.5. The van der Waals surface area contributed by atoms with Crippen molar-refractivity contribution in [2.45, 2.75) is 57.3 Å². The Morgan fingerprint density at radius 2 is 1.88 bits per heavy atom. The SMILES string of the molecule is CCOC(=O)[C@H]1[C@@H]2Cc3cc(OCc4cc5c(cc4F)C(C)(C)CN(C)[C@@H]5c4ccccc4C(F)(F)F)ncc3[C@@H]21. The molecule has 1 aromatic heterocycles. The number of likely N-dealkylation sites (N-methyl/N-ethyl adjacent to an activating group) is 1. The van der Waals surface area contributed by atoms with Gasteiger partial charge in [-0.3, -0.25) is 9.69 Å². The molecule has 0 saturated heterocycles. The first kappa shape index (κ1) is 27.7. The summed E-state index contributed by atoms with van der Waals surface area (Å²) >= 11 is 0. The van der Waals surface area contributed by atoms with Gasteiger partial charge in [-0.25, -0.2) is 9.37 Å². The average Bonchev–Trinajstić information content (AvgIpc) is 3.49. The van der Waals surface area contributed by atoms with Crippen molar-refractivity contribution in [2.24, 2.45) is 11.8 Å². The molecule has 0 radical (unpaired) electrons. The molecule has 1 aliphatic heterocycles. The van der Waals surface area contributed by atoms with Crippen molar-refractivity contribution in [3.63, 3.8) is 0 Å². The third-order valence-electron chi connectivity index (χ3n) is 8.81. The third kappa shape index (κ3) is 4.78. The number of esters is 1. The first-order valence-corrected chi connectivity index (χ1v) is 13.9. The molecule has 216 valence electrons. The van der Waals surface area contributed by atoms with Crippen molar-refractivity contribution < 1.29 is 31.8 Å². The number of halogens is 4. The maximum absolute atomic E-state index is 15.4. The van der Waals surface area contributed by atoms with Gasteiger partial charge in [-0.05, 0) is 72.3 Å². The topological polar surface area (TPSA) is 51.7 Å². The number of alkyl halides is 3. The van der Waals surface area contributed by atoms with Gasteiger partial charge in [-0.1, -0.05) is 32.0 Å². The minimum absolute atomic E-state index is 0.113. The minimum Gasteiger partial charge on any atom is -0.473 e. The second kappa shape index (κ2) is 9.82. The van der Waals surface area contributed by atoms with Crippen LogP contribution in [0.1, 0.15) is 71.7 Å². The molecule has 5 nitrogen and oxygen atoms in total. The number of carbonyl (C=O) groups is 1. The fourth-order valence-electron chi connectivity index (χ4n) is 7.06. The fraction of sp³-hybridized carbons (Fsp3) is 0.438. The summed E-state index contributed by atoms with van der Waals surface area (Å²) in [6.45, 7) is 6.42. The molecule has 3 aromatic rings. The highest BCUT2D eigenvalue weighted by molar-refractivity contribution is 5.79. The van der Waals surface area contributed by atoms with E-state index in [2.05, 4.69) is 4.98 Å². The van der Waals surface area contributed by atoms with Crippen LogP contribution in [0, 0.1) is 17.7 Å². The van der Waals surface area contributed by atoms with Crippen LogP contribution >= 0.6 is 0 Å². The van der Waals surface area contributed by atoms with Crippen LogP contribution in [0.3, 0.4) is 0 Å². The number of fused-ring (bicyclic) bond motifs is 4. The van der Waals surface area contributed by atoms with E-state index in [1.807, 2.05) is 24.8 Å². The second-order valence-corrected chi connectivity index (χ2v) is 12.0. The predicted octanol–water partition coefficient (Wildman–Crippen LogP) is 6.58. The van der Waals surface area contributed by atoms with Crippen molar-refractivity contribution in [3.05, 3.63) is 93.4 Å². The molecule has 1 fully saturated rings. The van der Waals surface area contributed by atoms with Crippen molar-refractivity contribution in [1.82, 2.24) is 9.88 Å². The number of pyridine rings is 1. The quantitative estimate of drug-likeness (QED) is 0.248. The number of nitrogens with zero attached hydrogens (tertiary/aromatic N) is 2. The number of ether oxygens (including phenoxy) is 2. The van der Waals surface area contributed by atoms with E-state index in [1.165, 1.54) is 18.2 Å². The molecule has 0 spiro atoms. The highest BCUT2D eigenvalue weighted by Crippen LogP contribution is 2.62. The van der Waals surface area contributed by atoms with Crippen molar-refractivity contribution >= 4 is 5.97 Å². The lowest BCUT2D eigenvalue weighted by Crippen LogP contribution is -2.44. The van der Waals surface area contributed by atoms with E-state index in [9.17, 15) is 18.0 Å². The van der Waals surface area contributed by atoms with Gasteiger partial charge in [0, 0.05) is 35.7 Å². The number of rotatable bonds is 6. The van der Waals surface area contributed by atoms with Crippen molar-refractivity contribution in [1.29, 1.82) is 0 Å². The van der Waals surface area contributed by atoms with Gasteiger partial charge in [-0.15, -0.1) is 0 Å². The molecule has 2 aliphatic carbocycles. The maximum Gasteiger partial charge on any atom is 0.416 e. The van der Waals surface area contributed by atoms with Crippen LogP contribution in [-0.2, 0) is 34.2 Å². The van der Waals surface area contributed by atoms with Crippen LogP contribution in [0.15, 0.2) is 48.7 Å². The normalized spacial score (nSPS) is 24.3. The molecule has 3 aliphatic rings. The Kier molecular flexibility index (Phi) is 6.64. The zero-order valence-corrected chi connectivity index (χ0v) is 23.4. The van der Waals surface area contributed by atoms with Gasteiger partial charge in [0.1, 0.15) is 12.4 Å². The lowest BCUT2D eigenvalue weighted by Gasteiger charge is -2.44. The summed E-state index contributed by atoms with van der Waals surface area (Å²) in [7, 11) is 1.80. The summed E-state index contributed by atoms with van der Waals surface area (Å²) in [6.07, 6.45) is -2.07.